The summed E-state index contributed by atoms with van der Waals surface area (Å²) >= 11 is 0. The summed E-state index contributed by atoms with van der Waals surface area (Å²) in [7, 11) is 1.32. The quantitative estimate of drug-likeness (QED) is 0.840. The maximum atomic E-state index is 12.2. The fourth-order valence-electron chi connectivity index (χ4n) is 1.22. The lowest BCUT2D eigenvalue weighted by atomic mass is 10.1. The highest BCUT2D eigenvalue weighted by Gasteiger charge is 2.36. The molecule has 0 bridgehead atoms. The normalized spacial score (nSPS) is 13.6. The molecule has 0 aliphatic rings. The largest absolute Gasteiger partial charge is 0.504 e. The van der Waals surface area contributed by atoms with E-state index in [9.17, 15) is 18.3 Å². The van der Waals surface area contributed by atoms with Crippen LogP contribution in [0.15, 0.2) is 18.2 Å². The van der Waals surface area contributed by atoms with Gasteiger partial charge in [0, 0.05) is 0 Å². The van der Waals surface area contributed by atoms with E-state index >= 15 is 0 Å². The monoisotopic (exact) mass is 235 g/mol. The number of rotatable bonds is 3. The fourth-order valence-corrected chi connectivity index (χ4v) is 1.22. The van der Waals surface area contributed by atoms with E-state index in [4.69, 9.17) is 10.5 Å². The van der Waals surface area contributed by atoms with Gasteiger partial charge in [-0.1, -0.05) is 6.07 Å². The Morgan fingerprint density at radius 2 is 2.06 bits per heavy atom. The number of hydrogen-bond acceptors (Lipinski definition) is 3. The first-order valence-corrected chi connectivity index (χ1v) is 4.52. The first kappa shape index (κ1) is 12.6. The summed E-state index contributed by atoms with van der Waals surface area (Å²) in [5, 5.41) is 9.25. The van der Waals surface area contributed by atoms with Crippen molar-refractivity contribution in [3.63, 3.8) is 0 Å². The molecule has 0 amide bonds. The first-order chi connectivity index (χ1) is 7.34. The van der Waals surface area contributed by atoms with E-state index in [1.807, 2.05) is 0 Å². The Morgan fingerprint density at radius 3 is 2.56 bits per heavy atom. The molecule has 0 heterocycles. The molecule has 1 rings (SSSR count). The zero-order valence-electron chi connectivity index (χ0n) is 8.58. The third-order valence-corrected chi connectivity index (χ3v) is 2.12. The van der Waals surface area contributed by atoms with Gasteiger partial charge in [-0.25, -0.2) is 0 Å². The Kier molecular flexibility index (Phi) is 3.64. The van der Waals surface area contributed by atoms with Gasteiger partial charge in [0.15, 0.2) is 11.5 Å². The van der Waals surface area contributed by atoms with Crippen molar-refractivity contribution in [2.24, 2.45) is 5.73 Å². The maximum absolute atomic E-state index is 12.2. The van der Waals surface area contributed by atoms with Crippen molar-refractivity contribution < 1.29 is 23.0 Å². The van der Waals surface area contributed by atoms with Crippen LogP contribution >= 0.6 is 0 Å². The number of phenols is 1. The molecule has 1 unspecified atom stereocenters. The molecular formula is C10H12F3NO2. The topological polar surface area (TPSA) is 55.5 Å². The van der Waals surface area contributed by atoms with Gasteiger partial charge in [0.2, 0.25) is 0 Å². The zero-order valence-corrected chi connectivity index (χ0v) is 8.58. The molecule has 1 atom stereocenters. The zero-order chi connectivity index (χ0) is 12.3. The van der Waals surface area contributed by atoms with Crippen molar-refractivity contribution in [2.75, 3.05) is 7.11 Å². The van der Waals surface area contributed by atoms with Gasteiger partial charge >= 0.3 is 6.18 Å². The highest BCUT2D eigenvalue weighted by molar-refractivity contribution is 5.41. The lowest BCUT2D eigenvalue weighted by Gasteiger charge is -2.15. The number of halogens is 3. The van der Waals surface area contributed by atoms with Crippen LogP contribution in [0, 0.1) is 0 Å². The summed E-state index contributed by atoms with van der Waals surface area (Å²) in [4.78, 5) is 0. The molecule has 1 aromatic carbocycles. The van der Waals surface area contributed by atoms with Crippen LogP contribution in [0.25, 0.3) is 0 Å². The second kappa shape index (κ2) is 4.61. The summed E-state index contributed by atoms with van der Waals surface area (Å²) in [6.45, 7) is 0. The van der Waals surface area contributed by atoms with E-state index in [2.05, 4.69) is 0 Å². The third kappa shape index (κ3) is 3.03. The van der Waals surface area contributed by atoms with Crippen molar-refractivity contribution in [1.29, 1.82) is 0 Å². The molecule has 3 nitrogen and oxygen atoms in total. The minimum absolute atomic E-state index is 0.119. The Bertz CT molecular complexity index is 366. The SMILES string of the molecule is COc1cc(CC(N)C(F)(F)F)ccc1O. The number of aromatic hydroxyl groups is 1. The summed E-state index contributed by atoms with van der Waals surface area (Å²) in [5.41, 5.74) is 5.34. The van der Waals surface area contributed by atoms with Crippen molar-refractivity contribution >= 4 is 0 Å². The summed E-state index contributed by atoms with van der Waals surface area (Å²) in [5.74, 6) is 0.0127. The second-order valence-corrected chi connectivity index (χ2v) is 3.36. The van der Waals surface area contributed by atoms with E-state index in [1.165, 1.54) is 25.3 Å². The summed E-state index contributed by atoms with van der Waals surface area (Å²) in [6.07, 6.45) is -4.77. The average Bonchev–Trinajstić information content (AvgIpc) is 2.19. The standard InChI is InChI=1S/C10H12F3NO2/c1-16-8-4-6(2-3-7(8)15)5-9(14)10(11,12)13/h2-4,9,15H,5,14H2,1H3. The number of ether oxygens (including phenoxy) is 1. The predicted molar refractivity (Wildman–Crippen MR) is 52.4 cm³/mol. The first-order valence-electron chi connectivity index (χ1n) is 4.52. The number of hydrogen-bond donors (Lipinski definition) is 2. The van der Waals surface area contributed by atoms with Gasteiger partial charge in [0.25, 0.3) is 0 Å². The van der Waals surface area contributed by atoms with Crippen molar-refractivity contribution in [2.45, 2.75) is 18.6 Å². The van der Waals surface area contributed by atoms with Crippen LogP contribution in [0.4, 0.5) is 13.2 Å². The van der Waals surface area contributed by atoms with E-state index in [0.29, 0.717) is 5.56 Å². The van der Waals surface area contributed by atoms with Crippen LogP contribution in [0.1, 0.15) is 5.56 Å². The molecule has 0 aliphatic heterocycles. The average molecular weight is 235 g/mol. The second-order valence-electron chi connectivity index (χ2n) is 3.36. The molecule has 16 heavy (non-hydrogen) atoms. The molecule has 0 aliphatic carbocycles. The third-order valence-electron chi connectivity index (χ3n) is 2.12. The van der Waals surface area contributed by atoms with Crippen molar-refractivity contribution in [3.05, 3.63) is 23.8 Å². The van der Waals surface area contributed by atoms with Gasteiger partial charge in [0.05, 0.1) is 7.11 Å². The minimum atomic E-state index is -4.43. The molecule has 3 N–H and O–H groups in total. The van der Waals surface area contributed by atoms with E-state index in [0.717, 1.165) is 0 Å². The lowest BCUT2D eigenvalue weighted by molar-refractivity contribution is -0.147. The van der Waals surface area contributed by atoms with Gasteiger partial charge in [-0.3, -0.25) is 0 Å². The van der Waals surface area contributed by atoms with Gasteiger partial charge in [0.1, 0.15) is 6.04 Å². The number of nitrogens with two attached hydrogens (primary N) is 1. The molecule has 0 fully saturated rings. The molecular weight excluding hydrogens is 223 g/mol. The molecule has 0 aromatic heterocycles. The maximum Gasteiger partial charge on any atom is 0.403 e. The molecule has 0 saturated carbocycles. The number of methoxy groups -OCH3 is 1. The van der Waals surface area contributed by atoms with Crippen LogP contribution < -0.4 is 10.5 Å². The molecule has 0 radical (unpaired) electrons. The van der Waals surface area contributed by atoms with Crippen LogP contribution in [0.2, 0.25) is 0 Å². The molecule has 0 spiro atoms. The van der Waals surface area contributed by atoms with Crippen LogP contribution in [0.3, 0.4) is 0 Å². The Hall–Kier alpha value is -1.43. The van der Waals surface area contributed by atoms with Gasteiger partial charge in [-0.15, -0.1) is 0 Å². The Balaban J connectivity index is 2.82. The Morgan fingerprint density at radius 1 is 1.44 bits per heavy atom. The smallest absolute Gasteiger partial charge is 0.403 e. The minimum Gasteiger partial charge on any atom is -0.504 e. The predicted octanol–water partition coefficient (Wildman–Crippen LogP) is 1.83. The van der Waals surface area contributed by atoms with Crippen molar-refractivity contribution in [3.8, 4) is 11.5 Å². The fraction of sp³-hybridized carbons (Fsp3) is 0.400. The highest BCUT2D eigenvalue weighted by Crippen LogP contribution is 2.28. The van der Waals surface area contributed by atoms with Crippen LogP contribution in [0.5, 0.6) is 11.5 Å². The van der Waals surface area contributed by atoms with Gasteiger partial charge in [-0.05, 0) is 24.1 Å². The number of alkyl halides is 3. The van der Waals surface area contributed by atoms with E-state index in [-0.39, 0.29) is 17.9 Å². The molecule has 6 heteroatoms. The summed E-state index contributed by atoms with van der Waals surface area (Å²) in [6, 6.07) is 2.07. The Labute approximate surface area is 90.6 Å². The highest BCUT2D eigenvalue weighted by atomic mass is 19.4. The van der Waals surface area contributed by atoms with E-state index < -0.39 is 12.2 Å². The molecule has 0 saturated heterocycles. The van der Waals surface area contributed by atoms with Gasteiger partial charge in [-0.2, -0.15) is 13.2 Å². The molecule has 90 valence electrons. The number of phenolic OH excluding ortho intramolecular Hbond substituents is 1. The van der Waals surface area contributed by atoms with Crippen molar-refractivity contribution in [1.82, 2.24) is 0 Å². The molecule has 1 aromatic rings. The summed E-state index contributed by atoms with van der Waals surface area (Å²) < 4.78 is 41.4. The van der Waals surface area contributed by atoms with Gasteiger partial charge < -0.3 is 15.6 Å². The number of benzene rings is 1. The lowest BCUT2D eigenvalue weighted by Crippen LogP contribution is -2.39. The van der Waals surface area contributed by atoms with E-state index in [1.54, 1.807) is 0 Å². The van der Waals surface area contributed by atoms with Crippen LogP contribution in [-0.2, 0) is 6.42 Å². The van der Waals surface area contributed by atoms with Crippen LogP contribution in [-0.4, -0.2) is 24.4 Å².